The van der Waals surface area contributed by atoms with Gasteiger partial charge in [0.05, 0.1) is 5.41 Å². The van der Waals surface area contributed by atoms with E-state index in [1.54, 1.807) is 0 Å². The van der Waals surface area contributed by atoms with Crippen LogP contribution in [0.4, 0.5) is 0 Å². The van der Waals surface area contributed by atoms with E-state index in [9.17, 15) is 0 Å². The Morgan fingerprint density at radius 1 is 0.442 bits per heavy atom. The van der Waals surface area contributed by atoms with Crippen LogP contribution >= 0.6 is 0 Å². The average molecular weight is 550 g/mol. The van der Waals surface area contributed by atoms with Crippen molar-refractivity contribution in [2.75, 3.05) is 0 Å². The fraction of sp³-hybridized carbons (Fsp3) is 0.0750. The number of aromatic nitrogens is 3. The lowest BCUT2D eigenvalue weighted by Gasteiger charge is -2.36. The van der Waals surface area contributed by atoms with Gasteiger partial charge < -0.3 is 0 Å². The molecule has 3 aliphatic rings. The molecule has 3 unspecified atom stereocenters. The highest BCUT2D eigenvalue weighted by Crippen LogP contribution is 2.65. The predicted molar refractivity (Wildman–Crippen MR) is 172 cm³/mol. The maximum absolute atomic E-state index is 5.07. The van der Waals surface area contributed by atoms with Gasteiger partial charge in [-0.2, -0.15) is 0 Å². The maximum atomic E-state index is 5.07. The Hall–Kier alpha value is -5.41. The zero-order valence-corrected chi connectivity index (χ0v) is 23.4. The zero-order valence-electron chi connectivity index (χ0n) is 23.4. The normalized spacial score (nSPS) is 20.5. The molecule has 0 bridgehead atoms. The molecule has 0 N–H and O–H groups in total. The summed E-state index contributed by atoms with van der Waals surface area (Å²) in [7, 11) is 0. The smallest absolute Gasteiger partial charge is 0.164 e. The minimum atomic E-state index is -0.290. The molecule has 0 aliphatic heterocycles. The number of benzene rings is 5. The Bertz CT molecular complexity index is 2040. The van der Waals surface area contributed by atoms with E-state index in [0.29, 0.717) is 23.4 Å². The van der Waals surface area contributed by atoms with Crippen molar-refractivity contribution in [1.82, 2.24) is 15.0 Å². The third-order valence-corrected chi connectivity index (χ3v) is 9.42. The second-order valence-corrected chi connectivity index (χ2v) is 11.6. The number of allylic oxidation sites excluding steroid dienone is 4. The van der Waals surface area contributed by atoms with Crippen molar-refractivity contribution in [2.45, 2.75) is 11.3 Å². The van der Waals surface area contributed by atoms with Crippen molar-refractivity contribution >= 4 is 0 Å². The Kier molecular flexibility index (Phi) is 5.24. The van der Waals surface area contributed by atoms with Gasteiger partial charge in [0.1, 0.15) is 0 Å². The maximum Gasteiger partial charge on any atom is 0.164 e. The van der Waals surface area contributed by atoms with Crippen LogP contribution in [-0.2, 0) is 5.41 Å². The van der Waals surface area contributed by atoms with Gasteiger partial charge in [0.25, 0.3) is 0 Å². The first kappa shape index (κ1) is 24.2. The van der Waals surface area contributed by atoms with Crippen molar-refractivity contribution in [3.05, 3.63) is 174 Å². The molecule has 3 aliphatic carbocycles. The second-order valence-electron chi connectivity index (χ2n) is 11.6. The van der Waals surface area contributed by atoms with E-state index in [-0.39, 0.29) is 11.3 Å². The Labute approximate surface area is 251 Å². The first-order valence-electron chi connectivity index (χ1n) is 14.9. The van der Waals surface area contributed by atoms with Crippen LogP contribution in [0.3, 0.4) is 0 Å². The first-order chi connectivity index (χ1) is 21.3. The van der Waals surface area contributed by atoms with Crippen LogP contribution in [-0.4, -0.2) is 15.0 Å². The van der Waals surface area contributed by atoms with Crippen LogP contribution in [0, 0.1) is 5.92 Å². The summed E-state index contributed by atoms with van der Waals surface area (Å²) in [6.07, 6.45) is 9.24. The van der Waals surface area contributed by atoms with E-state index in [2.05, 4.69) is 115 Å². The summed E-state index contributed by atoms with van der Waals surface area (Å²) in [5.74, 6) is 2.65. The topological polar surface area (TPSA) is 38.7 Å². The van der Waals surface area contributed by atoms with Crippen LogP contribution in [0.1, 0.15) is 28.2 Å². The van der Waals surface area contributed by atoms with E-state index >= 15 is 0 Å². The fourth-order valence-electron chi connectivity index (χ4n) is 7.68. The molecule has 3 atom stereocenters. The highest BCUT2D eigenvalue weighted by atomic mass is 15.0. The largest absolute Gasteiger partial charge is 0.208 e. The minimum Gasteiger partial charge on any atom is -0.208 e. The Morgan fingerprint density at radius 2 is 1.00 bits per heavy atom. The van der Waals surface area contributed by atoms with Crippen LogP contribution in [0.15, 0.2) is 152 Å². The molecule has 1 spiro atoms. The molecule has 6 aromatic rings. The van der Waals surface area contributed by atoms with Gasteiger partial charge in [-0.1, -0.05) is 146 Å². The molecule has 202 valence electrons. The number of fused-ring (bicyclic) bond motifs is 10. The Balaban J connectivity index is 1.30. The summed E-state index contributed by atoms with van der Waals surface area (Å²) < 4.78 is 0. The summed E-state index contributed by atoms with van der Waals surface area (Å²) in [6, 6.07) is 45.2. The molecule has 0 saturated carbocycles. The van der Waals surface area contributed by atoms with Crippen molar-refractivity contribution in [2.24, 2.45) is 5.92 Å². The lowest BCUT2D eigenvalue weighted by molar-refractivity contribution is 0.465. The van der Waals surface area contributed by atoms with E-state index < -0.39 is 0 Å². The van der Waals surface area contributed by atoms with Crippen molar-refractivity contribution in [1.29, 1.82) is 0 Å². The summed E-state index contributed by atoms with van der Waals surface area (Å²) >= 11 is 0. The van der Waals surface area contributed by atoms with Gasteiger partial charge >= 0.3 is 0 Å². The quantitative estimate of drug-likeness (QED) is 0.221. The number of rotatable bonds is 3. The van der Waals surface area contributed by atoms with Gasteiger partial charge in [0.2, 0.25) is 0 Å². The highest BCUT2D eigenvalue weighted by Gasteiger charge is 2.56. The van der Waals surface area contributed by atoms with Crippen LogP contribution in [0.25, 0.3) is 45.3 Å². The molecule has 1 aromatic heterocycles. The summed E-state index contributed by atoms with van der Waals surface area (Å²) in [6.45, 7) is 0. The fourth-order valence-corrected chi connectivity index (χ4v) is 7.68. The molecule has 3 nitrogen and oxygen atoms in total. The minimum absolute atomic E-state index is 0.283. The lowest BCUT2D eigenvalue weighted by Crippen LogP contribution is -2.33. The van der Waals surface area contributed by atoms with Crippen molar-refractivity contribution in [3.63, 3.8) is 0 Å². The van der Waals surface area contributed by atoms with Gasteiger partial charge in [-0.25, -0.2) is 15.0 Å². The second kappa shape index (κ2) is 9.30. The van der Waals surface area contributed by atoms with E-state index in [1.807, 2.05) is 36.4 Å². The summed E-state index contributed by atoms with van der Waals surface area (Å²) in [4.78, 5) is 15.1. The predicted octanol–water partition coefficient (Wildman–Crippen LogP) is 9.03. The van der Waals surface area contributed by atoms with Gasteiger partial charge in [0.15, 0.2) is 17.5 Å². The summed E-state index contributed by atoms with van der Waals surface area (Å²) in [5.41, 5.74) is 10.8. The molecular formula is C40H27N3. The molecule has 43 heavy (non-hydrogen) atoms. The van der Waals surface area contributed by atoms with E-state index in [0.717, 1.165) is 16.7 Å². The number of hydrogen-bond acceptors (Lipinski definition) is 3. The van der Waals surface area contributed by atoms with Crippen LogP contribution in [0.2, 0.25) is 0 Å². The Morgan fingerprint density at radius 3 is 1.72 bits per heavy atom. The zero-order chi connectivity index (χ0) is 28.4. The monoisotopic (exact) mass is 549 g/mol. The van der Waals surface area contributed by atoms with E-state index in [4.69, 9.17) is 15.0 Å². The first-order valence-corrected chi connectivity index (χ1v) is 14.9. The third kappa shape index (κ3) is 3.45. The SMILES string of the molecule is C1=CC2c3ccccc3C3(c4ccccc4-c4ccc(-c5nc(-c6ccccc6)nc(-c6ccccc6)n5)cc43)C2C=C1. The molecule has 5 aromatic carbocycles. The van der Waals surface area contributed by atoms with Crippen molar-refractivity contribution in [3.8, 4) is 45.3 Å². The molecule has 0 saturated heterocycles. The standard InChI is InChI=1S/C40H27N3/c1-3-13-26(14-4-1)37-41-38(27-15-5-2-6-16-27)43-39(42-37)28-23-24-32-31-19-9-12-22-35(31)40(36(32)25-28)33-20-10-7-17-29(33)30-18-8-11-21-34(30)40/h1-25,29,33H. The lowest BCUT2D eigenvalue weighted by atomic mass is 9.65. The number of nitrogens with zero attached hydrogens (tertiary/aromatic N) is 3. The van der Waals surface area contributed by atoms with Gasteiger partial charge in [-0.3, -0.25) is 0 Å². The van der Waals surface area contributed by atoms with Gasteiger partial charge in [-0.15, -0.1) is 0 Å². The van der Waals surface area contributed by atoms with Crippen LogP contribution < -0.4 is 0 Å². The third-order valence-electron chi connectivity index (χ3n) is 9.42. The summed E-state index contributed by atoms with van der Waals surface area (Å²) in [5, 5.41) is 0. The molecule has 0 fully saturated rings. The number of hydrogen-bond donors (Lipinski definition) is 0. The molecule has 9 rings (SSSR count). The van der Waals surface area contributed by atoms with Gasteiger partial charge in [0, 0.05) is 28.5 Å². The average Bonchev–Trinajstić information content (AvgIpc) is 3.56. The van der Waals surface area contributed by atoms with Gasteiger partial charge in [-0.05, 0) is 39.4 Å². The van der Waals surface area contributed by atoms with E-state index in [1.165, 1.54) is 33.4 Å². The van der Waals surface area contributed by atoms with Crippen molar-refractivity contribution < 1.29 is 0 Å². The highest BCUT2D eigenvalue weighted by molar-refractivity contribution is 5.87. The molecular weight excluding hydrogens is 522 g/mol. The van der Waals surface area contributed by atoms with Crippen LogP contribution in [0.5, 0.6) is 0 Å². The molecule has 0 amide bonds. The molecule has 3 heteroatoms. The molecule has 0 radical (unpaired) electrons. The molecule has 1 heterocycles.